The van der Waals surface area contributed by atoms with Crippen LogP contribution in [0.1, 0.15) is 56.1 Å². The van der Waals surface area contributed by atoms with E-state index in [-0.39, 0.29) is 17.7 Å². The molecule has 1 N–H and O–H groups in total. The van der Waals surface area contributed by atoms with Crippen molar-refractivity contribution in [3.63, 3.8) is 0 Å². The molecule has 3 heterocycles. The average Bonchev–Trinajstić information content (AvgIpc) is 3.76. The van der Waals surface area contributed by atoms with Gasteiger partial charge in [0.1, 0.15) is 12.4 Å². The number of fused-ring (bicyclic) bond motifs is 1. The minimum atomic E-state index is -0.612. The lowest BCUT2D eigenvalue weighted by Gasteiger charge is -2.18. The van der Waals surface area contributed by atoms with Gasteiger partial charge in [0.05, 0.1) is 13.2 Å². The minimum Gasteiger partial charge on any atom is -0.468 e. The summed E-state index contributed by atoms with van der Waals surface area (Å²) in [6.07, 6.45) is 3.48. The van der Waals surface area contributed by atoms with Gasteiger partial charge in [0.25, 0.3) is 5.56 Å². The van der Waals surface area contributed by atoms with Crippen LogP contribution >= 0.6 is 0 Å². The van der Waals surface area contributed by atoms with Crippen molar-refractivity contribution in [1.82, 2.24) is 39.3 Å². The normalized spacial score (nSPS) is 12.0. The second kappa shape index (κ2) is 13.8. The Balaban J connectivity index is 1.48. The highest BCUT2D eigenvalue weighted by molar-refractivity contribution is 5.80. The lowest BCUT2D eigenvalue weighted by molar-refractivity contribution is -0.141. The van der Waals surface area contributed by atoms with Gasteiger partial charge in [-0.25, -0.2) is 14.9 Å². The van der Waals surface area contributed by atoms with Gasteiger partial charge in [-0.05, 0) is 46.0 Å². The van der Waals surface area contributed by atoms with Gasteiger partial charge in [0.2, 0.25) is 0 Å². The first-order valence-electron chi connectivity index (χ1n) is 15.7. The van der Waals surface area contributed by atoms with Crippen molar-refractivity contribution in [2.45, 2.75) is 58.7 Å². The monoisotopic (exact) mass is 632 g/mol. The number of benzene rings is 3. The number of nitrogens with one attached hydrogen (secondary N) is 1. The van der Waals surface area contributed by atoms with Crippen LogP contribution in [0.3, 0.4) is 0 Å². The number of rotatable bonds is 12. The highest BCUT2D eigenvalue weighted by Gasteiger charge is 2.25. The van der Waals surface area contributed by atoms with Crippen LogP contribution in [0.15, 0.2) is 88.5 Å². The minimum absolute atomic E-state index is 0.180. The number of aryl methyl sites for hydroxylation is 1. The standard InChI is InChI=1S/C35H36N8O4/c1-4-5-7-16-29-36-33-31(34(45)43(23(2)25-12-8-6-9-13-25)35(46)42(33)22-30(44)47-3)41(29)21-24-17-19-26(20-18-24)27-14-10-11-15-28(27)32-37-39-40-38-32/h6,8-15,17-20,23H,4-5,7,16,21-22H2,1-3H3,(H,37,38,39,40). The predicted octanol–water partition coefficient (Wildman–Crippen LogP) is 4.77. The first kappa shape index (κ1) is 31.3. The number of aromatic nitrogens is 8. The zero-order valence-corrected chi connectivity index (χ0v) is 26.6. The third-order valence-electron chi connectivity index (χ3n) is 8.46. The summed E-state index contributed by atoms with van der Waals surface area (Å²) in [5.41, 5.74) is 3.94. The Labute approximate surface area is 270 Å². The maximum atomic E-state index is 14.4. The molecule has 12 nitrogen and oxygen atoms in total. The van der Waals surface area contributed by atoms with Gasteiger partial charge in [-0.3, -0.25) is 18.7 Å². The van der Waals surface area contributed by atoms with E-state index in [1.807, 2.05) is 83.4 Å². The lowest BCUT2D eigenvalue weighted by atomic mass is 9.98. The molecule has 0 spiro atoms. The molecule has 0 saturated carbocycles. The number of unbranched alkanes of at least 4 members (excludes halogenated alkanes) is 2. The summed E-state index contributed by atoms with van der Waals surface area (Å²) < 4.78 is 9.31. The highest BCUT2D eigenvalue weighted by Crippen LogP contribution is 2.30. The van der Waals surface area contributed by atoms with Gasteiger partial charge in [-0.15, -0.1) is 5.10 Å². The number of nitrogens with zero attached hydrogens (tertiary/aromatic N) is 7. The zero-order valence-electron chi connectivity index (χ0n) is 26.6. The van der Waals surface area contributed by atoms with Crippen LogP contribution in [0.25, 0.3) is 33.7 Å². The number of methoxy groups -OCH3 is 1. The quantitative estimate of drug-likeness (QED) is 0.150. The van der Waals surface area contributed by atoms with Crippen LogP contribution in [-0.4, -0.2) is 52.4 Å². The number of esters is 1. The van der Waals surface area contributed by atoms with E-state index < -0.39 is 23.3 Å². The maximum Gasteiger partial charge on any atom is 0.333 e. The molecule has 0 saturated heterocycles. The summed E-state index contributed by atoms with van der Waals surface area (Å²) in [5.74, 6) is 0.649. The molecular formula is C35H36N8O4. The van der Waals surface area contributed by atoms with Crippen LogP contribution in [0.4, 0.5) is 0 Å². The molecule has 0 aliphatic carbocycles. The number of carbonyl (C=O) groups excluding carboxylic acids is 1. The SMILES string of the molecule is CCCCCc1nc2c(c(=O)n(C(C)c3ccccc3)c(=O)n2CC(=O)OC)n1Cc1ccc(-c2ccccc2-c2nnn[nH]2)cc1. The number of hydrogen-bond acceptors (Lipinski definition) is 8. The van der Waals surface area contributed by atoms with Gasteiger partial charge in [0.15, 0.2) is 17.0 Å². The van der Waals surface area contributed by atoms with E-state index in [0.717, 1.165) is 47.1 Å². The zero-order chi connectivity index (χ0) is 32.9. The Bertz CT molecular complexity index is 2110. The topological polar surface area (TPSA) is 143 Å². The summed E-state index contributed by atoms with van der Waals surface area (Å²) in [5, 5.41) is 14.4. The van der Waals surface area contributed by atoms with Gasteiger partial charge in [-0.2, -0.15) is 0 Å². The third-order valence-corrected chi connectivity index (χ3v) is 8.46. The van der Waals surface area contributed by atoms with Gasteiger partial charge in [0, 0.05) is 18.5 Å². The molecule has 3 aromatic heterocycles. The highest BCUT2D eigenvalue weighted by atomic mass is 16.5. The summed E-state index contributed by atoms with van der Waals surface area (Å²) in [7, 11) is 1.27. The molecule has 0 bridgehead atoms. The molecule has 3 aromatic carbocycles. The molecule has 1 atom stereocenters. The Morgan fingerprint density at radius 2 is 1.64 bits per heavy atom. The van der Waals surface area contributed by atoms with Crippen molar-refractivity contribution in [3.8, 4) is 22.5 Å². The Hall–Kier alpha value is -5.65. The van der Waals surface area contributed by atoms with Crippen molar-refractivity contribution in [1.29, 1.82) is 0 Å². The third kappa shape index (κ3) is 6.26. The molecule has 0 aliphatic heterocycles. The smallest absolute Gasteiger partial charge is 0.333 e. The number of imidazole rings is 1. The average molecular weight is 633 g/mol. The summed E-state index contributed by atoms with van der Waals surface area (Å²) >= 11 is 0. The van der Waals surface area contributed by atoms with E-state index in [4.69, 9.17) is 9.72 Å². The van der Waals surface area contributed by atoms with Gasteiger partial charge in [-0.1, -0.05) is 98.6 Å². The Morgan fingerprint density at radius 3 is 2.32 bits per heavy atom. The van der Waals surface area contributed by atoms with E-state index in [1.165, 1.54) is 16.2 Å². The largest absolute Gasteiger partial charge is 0.468 e. The van der Waals surface area contributed by atoms with Gasteiger partial charge < -0.3 is 9.30 Å². The molecule has 12 heteroatoms. The fraction of sp³-hybridized carbons (Fsp3) is 0.286. The van der Waals surface area contributed by atoms with Crippen LogP contribution in [0.5, 0.6) is 0 Å². The van der Waals surface area contributed by atoms with E-state index >= 15 is 0 Å². The van der Waals surface area contributed by atoms with E-state index in [0.29, 0.717) is 24.6 Å². The second-order valence-corrected chi connectivity index (χ2v) is 11.4. The molecule has 0 amide bonds. The molecule has 1 unspecified atom stereocenters. The number of aromatic amines is 1. The van der Waals surface area contributed by atoms with Crippen LogP contribution in [-0.2, 0) is 29.0 Å². The van der Waals surface area contributed by atoms with E-state index in [2.05, 4.69) is 27.5 Å². The van der Waals surface area contributed by atoms with Crippen molar-refractivity contribution in [3.05, 3.63) is 117 Å². The Kier molecular flexibility index (Phi) is 9.18. The van der Waals surface area contributed by atoms with Crippen molar-refractivity contribution >= 4 is 17.1 Å². The fourth-order valence-electron chi connectivity index (χ4n) is 5.95. The van der Waals surface area contributed by atoms with Crippen LogP contribution in [0, 0.1) is 0 Å². The number of H-pyrrole nitrogens is 1. The second-order valence-electron chi connectivity index (χ2n) is 11.4. The van der Waals surface area contributed by atoms with Crippen LogP contribution in [0.2, 0.25) is 0 Å². The molecular weight excluding hydrogens is 596 g/mol. The van der Waals surface area contributed by atoms with Crippen LogP contribution < -0.4 is 11.2 Å². The predicted molar refractivity (Wildman–Crippen MR) is 178 cm³/mol. The molecule has 0 fully saturated rings. The molecule has 240 valence electrons. The van der Waals surface area contributed by atoms with E-state index in [1.54, 1.807) is 6.92 Å². The Morgan fingerprint density at radius 1 is 0.915 bits per heavy atom. The summed E-state index contributed by atoms with van der Waals surface area (Å²) in [4.78, 5) is 45.7. The number of hydrogen-bond donors (Lipinski definition) is 1. The van der Waals surface area contributed by atoms with Crippen molar-refractivity contribution in [2.24, 2.45) is 0 Å². The van der Waals surface area contributed by atoms with E-state index in [9.17, 15) is 14.4 Å². The number of tetrazole rings is 1. The molecule has 6 rings (SSSR count). The molecule has 47 heavy (non-hydrogen) atoms. The molecule has 0 aliphatic rings. The number of ether oxygens (including phenoxy) is 1. The summed E-state index contributed by atoms with van der Waals surface area (Å²) in [6, 6.07) is 24.7. The number of carbonyl (C=O) groups is 1. The molecule has 6 aromatic rings. The maximum absolute atomic E-state index is 14.4. The lowest BCUT2D eigenvalue weighted by Crippen LogP contribution is -2.43. The fourth-order valence-corrected chi connectivity index (χ4v) is 5.95. The molecule has 0 radical (unpaired) electrons. The van der Waals surface area contributed by atoms with Crippen molar-refractivity contribution < 1.29 is 9.53 Å². The van der Waals surface area contributed by atoms with Crippen molar-refractivity contribution in [2.75, 3.05) is 7.11 Å². The first-order chi connectivity index (χ1) is 22.9. The summed E-state index contributed by atoms with van der Waals surface area (Å²) in [6.45, 7) is 3.91. The first-order valence-corrected chi connectivity index (χ1v) is 15.7. The van der Waals surface area contributed by atoms with Gasteiger partial charge >= 0.3 is 11.7 Å².